The molecule has 0 fully saturated rings. The maximum absolute atomic E-state index is 11.1. The Kier molecular flexibility index (Phi) is 5.72. The molecule has 0 aromatic carbocycles. The van der Waals surface area contributed by atoms with Crippen molar-refractivity contribution in [1.82, 2.24) is 4.98 Å². The molecule has 0 spiro atoms. The summed E-state index contributed by atoms with van der Waals surface area (Å²) in [4.78, 5) is 25.2. The third-order valence-electron chi connectivity index (χ3n) is 2.43. The first-order valence-electron chi connectivity index (χ1n) is 6.05. The lowest BCUT2D eigenvalue weighted by molar-refractivity contribution is -0.385. The summed E-state index contributed by atoms with van der Waals surface area (Å²) < 4.78 is 4.80. The summed E-state index contributed by atoms with van der Waals surface area (Å²) in [7, 11) is 0. The van der Waals surface area contributed by atoms with Gasteiger partial charge in [-0.15, -0.1) is 0 Å². The molecule has 0 unspecified atom stereocenters. The number of aromatic nitrogens is 1. The third kappa shape index (κ3) is 4.90. The minimum atomic E-state index is -0.482. The fourth-order valence-corrected chi connectivity index (χ4v) is 1.52. The fourth-order valence-electron chi connectivity index (χ4n) is 1.52. The van der Waals surface area contributed by atoms with Crippen molar-refractivity contribution in [1.29, 1.82) is 0 Å². The van der Waals surface area contributed by atoms with Gasteiger partial charge in [-0.25, -0.2) is 4.98 Å². The lowest BCUT2D eigenvalue weighted by Gasteiger charge is -2.07. The summed E-state index contributed by atoms with van der Waals surface area (Å²) in [5.74, 6) is 0.368. The topological polar surface area (TPSA) is 94.4 Å². The largest absolute Gasteiger partial charge is 0.466 e. The quantitative estimate of drug-likeness (QED) is 0.351. The number of nitrogens with zero attached hydrogens (tertiary/aromatic N) is 2. The Hall–Kier alpha value is -2.18. The van der Waals surface area contributed by atoms with Crippen LogP contribution in [-0.2, 0) is 9.53 Å². The van der Waals surface area contributed by atoms with Gasteiger partial charge >= 0.3 is 5.97 Å². The van der Waals surface area contributed by atoms with Crippen LogP contribution in [0, 0.1) is 17.0 Å². The number of aryl methyl sites for hydroxylation is 1. The van der Waals surface area contributed by atoms with E-state index in [1.54, 1.807) is 13.8 Å². The van der Waals surface area contributed by atoms with Gasteiger partial charge in [0.15, 0.2) is 0 Å². The first-order valence-corrected chi connectivity index (χ1v) is 6.05. The van der Waals surface area contributed by atoms with Crippen molar-refractivity contribution in [3.05, 3.63) is 27.9 Å². The number of rotatable bonds is 7. The van der Waals surface area contributed by atoms with Crippen molar-refractivity contribution in [2.24, 2.45) is 0 Å². The molecule has 0 aliphatic heterocycles. The molecule has 1 aromatic rings. The van der Waals surface area contributed by atoms with Crippen molar-refractivity contribution in [3.8, 4) is 0 Å². The van der Waals surface area contributed by atoms with Crippen molar-refractivity contribution < 1.29 is 14.5 Å². The highest BCUT2D eigenvalue weighted by molar-refractivity contribution is 5.69. The average Bonchev–Trinajstić information content (AvgIpc) is 2.36. The van der Waals surface area contributed by atoms with Gasteiger partial charge in [-0.3, -0.25) is 14.9 Å². The molecule has 1 aromatic heterocycles. The molecule has 7 nitrogen and oxygen atoms in total. The molecule has 0 aliphatic rings. The summed E-state index contributed by atoms with van der Waals surface area (Å²) in [6.45, 7) is 4.45. The number of hydrogen-bond acceptors (Lipinski definition) is 6. The SMILES string of the molecule is CCOC(=O)CCCNc1ncc([N+](=O)[O-])cc1C. The smallest absolute Gasteiger partial charge is 0.305 e. The molecule has 0 saturated heterocycles. The number of carbonyl (C=O) groups is 1. The van der Waals surface area contributed by atoms with Crippen LogP contribution in [0.15, 0.2) is 12.3 Å². The summed E-state index contributed by atoms with van der Waals surface area (Å²) in [5.41, 5.74) is 0.667. The Bertz CT molecular complexity index is 462. The van der Waals surface area contributed by atoms with Crippen LogP contribution >= 0.6 is 0 Å². The molecule has 7 heteroatoms. The van der Waals surface area contributed by atoms with Gasteiger partial charge in [0.1, 0.15) is 12.0 Å². The molecule has 104 valence electrons. The molecule has 0 atom stereocenters. The van der Waals surface area contributed by atoms with Crippen molar-refractivity contribution in [2.45, 2.75) is 26.7 Å². The van der Waals surface area contributed by atoms with Gasteiger partial charge in [-0.1, -0.05) is 0 Å². The van der Waals surface area contributed by atoms with E-state index in [0.29, 0.717) is 37.4 Å². The lowest BCUT2D eigenvalue weighted by Crippen LogP contribution is -2.09. The molecule has 1 N–H and O–H groups in total. The Balaban J connectivity index is 2.41. The highest BCUT2D eigenvalue weighted by Gasteiger charge is 2.09. The summed E-state index contributed by atoms with van der Waals surface area (Å²) >= 11 is 0. The zero-order valence-corrected chi connectivity index (χ0v) is 11.0. The highest BCUT2D eigenvalue weighted by atomic mass is 16.6. The number of pyridine rings is 1. The van der Waals surface area contributed by atoms with E-state index in [-0.39, 0.29) is 11.7 Å². The molecule has 0 aliphatic carbocycles. The minimum absolute atomic E-state index is 0.0328. The Labute approximate surface area is 111 Å². The first-order chi connectivity index (χ1) is 9.04. The number of esters is 1. The van der Waals surface area contributed by atoms with Crippen molar-refractivity contribution >= 4 is 17.5 Å². The van der Waals surface area contributed by atoms with Gasteiger partial charge in [0.05, 0.1) is 11.5 Å². The van der Waals surface area contributed by atoms with E-state index >= 15 is 0 Å². The zero-order chi connectivity index (χ0) is 14.3. The summed E-state index contributed by atoms with van der Waals surface area (Å²) in [6.07, 6.45) is 2.17. The summed E-state index contributed by atoms with van der Waals surface area (Å²) in [6, 6.07) is 1.46. The average molecular weight is 267 g/mol. The van der Waals surface area contributed by atoms with Gasteiger partial charge in [-0.05, 0) is 25.8 Å². The minimum Gasteiger partial charge on any atom is -0.466 e. The normalized spacial score (nSPS) is 10.0. The number of hydrogen-bond donors (Lipinski definition) is 1. The van der Waals surface area contributed by atoms with Crippen LogP contribution in [0.2, 0.25) is 0 Å². The van der Waals surface area contributed by atoms with E-state index in [1.165, 1.54) is 12.3 Å². The van der Waals surface area contributed by atoms with Gasteiger partial charge in [0, 0.05) is 19.0 Å². The fraction of sp³-hybridized carbons (Fsp3) is 0.500. The second kappa shape index (κ2) is 7.30. The van der Waals surface area contributed by atoms with Crippen LogP contribution in [0.5, 0.6) is 0 Å². The predicted octanol–water partition coefficient (Wildman–Crippen LogP) is 2.05. The van der Waals surface area contributed by atoms with Crippen molar-refractivity contribution in [2.75, 3.05) is 18.5 Å². The molecule has 1 rings (SSSR count). The molecular formula is C12H17N3O4. The van der Waals surface area contributed by atoms with Crippen LogP contribution in [0.4, 0.5) is 11.5 Å². The number of ether oxygens (including phenoxy) is 1. The molecule has 19 heavy (non-hydrogen) atoms. The van der Waals surface area contributed by atoms with Crippen LogP contribution in [0.3, 0.4) is 0 Å². The van der Waals surface area contributed by atoms with E-state index in [1.807, 2.05) is 0 Å². The maximum atomic E-state index is 11.1. The third-order valence-corrected chi connectivity index (χ3v) is 2.43. The zero-order valence-electron chi connectivity index (χ0n) is 11.0. The van der Waals surface area contributed by atoms with E-state index in [2.05, 4.69) is 10.3 Å². The van der Waals surface area contributed by atoms with Crippen LogP contribution in [0.25, 0.3) is 0 Å². The Morgan fingerprint density at radius 1 is 1.58 bits per heavy atom. The van der Waals surface area contributed by atoms with E-state index in [9.17, 15) is 14.9 Å². The van der Waals surface area contributed by atoms with E-state index < -0.39 is 4.92 Å². The van der Waals surface area contributed by atoms with Gasteiger partial charge in [0.25, 0.3) is 5.69 Å². The molecule has 0 amide bonds. The van der Waals surface area contributed by atoms with Gasteiger partial charge in [-0.2, -0.15) is 0 Å². The van der Waals surface area contributed by atoms with Crippen LogP contribution in [0.1, 0.15) is 25.3 Å². The van der Waals surface area contributed by atoms with Gasteiger partial charge < -0.3 is 10.1 Å². The van der Waals surface area contributed by atoms with Crippen LogP contribution < -0.4 is 5.32 Å². The molecule has 0 saturated carbocycles. The molecule has 0 radical (unpaired) electrons. The Morgan fingerprint density at radius 3 is 2.89 bits per heavy atom. The van der Waals surface area contributed by atoms with Crippen LogP contribution in [-0.4, -0.2) is 29.0 Å². The second-order valence-electron chi connectivity index (χ2n) is 3.95. The molecule has 0 bridgehead atoms. The molecular weight excluding hydrogens is 250 g/mol. The predicted molar refractivity (Wildman–Crippen MR) is 70.0 cm³/mol. The maximum Gasteiger partial charge on any atom is 0.305 e. The van der Waals surface area contributed by atoms with Crippen molar-refractivity contribution in [3.63, 3.8) is 0 Å². The molecule has 1 heterocycles. The number of carbonyl (C=O) groups excluding carboxylic acids is 1. The summed E-state index contributed by atoms with van der Waals surface area (Å²) in [5, 5.41) is 13.6. The van der Waals surface area contributed by atoms with E-state index in [0.717, 1.165) is 0 Å². The number of nitrogens with one attached hydrogen (secondary N) is 1. The van der Waals surface area contributed by atoms with E-state index in [4.69, 9.17) is 4.74 Å². The second-order valence-corrected chi connectivity index (χ2v) is 3.95. The first kappa shape index (κ1) is 14.9. The monoisotopic (exact) mass is 267 g/mol. The number of anilines is 1. The van der Waals surface area contributed by atoms with Gasteiger partial charge in [0.2, 0.25) is 0 Å². The lowest BCUT2D eigenvalue weighted by atomic mass is 10.2. The number of nitro groups is 1. The Morgan fingerprint density at radius 2 is 2.32 bits per heavy atom. The highest BCUT2D eigenvalue weighted by Crippen LogP contribution is 2.17. The standard InChI is InChI=1S/C12H17N3O4/c1-3-19-11(16)5-4-6-13-12-9(2)7-10(8-14-12)15(17)18/h7-8H,3-6H2,1-2H3,(H,13,14).